The van der Waals surface area contributed by atoms with Gasteiger partial charge < -0.3 is 11.1 Å². The molecule has 0 atom stereocenters. The molecule has 0 rings (SSSR count). The molecule has 0 heterocycles. The zero-order chi connectivity index (χ0) is 12.9. The molecule has 0 aliphatic rings. The van der Waals surface area contributed by atoms with Crippen molar-refractivity contribution >= 4 is 5.91 Å². The van der Waals surface area contributed by atoms with Crippen LogP contribution >= 0.6 is 0 Å². The zero-order valence-electron chi connectivity index (χ0n) is 11.6. The van der Waals surface area contributed by atoms with Gasteiger partial charge in [0, 0.05) is 12.5 Å². The SMILES string of the molecule is CCCC(CCC)C(=O)NCCCCCCN. The van der Waals surface area contributed by atoms with E-state index in [1.807, 2.05) is 0 Å². The standard InChI is InChI=1S/C14H30N2O/c1-3-9-13(10-4-2)14(17)16-12-8-6-5-7-11-15/h13H,3-12,15H2,1-2H3,(H,16,17). The van der Waals surface area contributed by atoms with Crippen LogP contribution in [0.25, 0.3) is 0 Å². The van der Waals surface area contributed by atoms with Gasteiger partial charge in [-0.3, -0.25) is 4.79 Å². The third kappa shape index (κ3) is 9.16. The van der Waals surface area contributed by atoms with E-state index in [0.29, 0.717) is 0 Å². The van der Waals surface area contributed by atoms with Crippen LogP contribution in [0, 0.1) is 5.92 Å². The topological polar surface area (TPSA) is 55.1 Å². The molecule has 0 bridgehead atoms. The van der Waals surface area contributed by atoms with Crippen LogP contribution < -0.4 is 11.1 Å². The summed E-state index contributed by atoms with van der Waals surface area (Å²) in [6, 6.07) is 0. The molecule has 0 spiro atoms. The maximum Gasteiger partial charge on any atom is 0.223 e. The van der Waals surface area contributed by atoms with Crippen molar-refractivity contribution in [3.05, 3.63) is 0 Å². The highest BCUT2D eigenvalue weighted by atomic mass is 16.1. The molecule has 17 heavy (non-hydrogen) atoms. The van der Waals surface area contributed by atoms with Gasteiger partial charge in [-0.2, -0.15) is 0 Å². The maximum absolute atomic E-state index is 11.9. The normalized spacial score (nSPS) is 10.8. The number of carbonyl (C=O) groups excluding carboxylic acids is 1. The average Bonchev–Trinajstić information content (AvgIpc) is 2.33. The molecular formula is C14H30N2O. The van der Waals surface area contributed by atoms with Gasteiger partial charge >= 0.3 is 0 Å². The number of amides is 1. The molecule has 0 unspecified atom stereocenters. The summed E-state index contributed by atoms with van der Waals surface area (Å²) in [6.45, 7) is 5.89. The van der Waals surface area contributed by atoms with Gasteiger partial charge in [-0.05, 0) is 32.2 Å². The van der Waals surface area contributed by atoms with Crippen molar-refractivity contribution in [2.45, 2.75) is 65.2 Å². The van der Waals surface area contributed by atoms with Crippen molar-refractivity contribution < 1.29 is 4.79 Å². The largest absolute Gasteiger partial charge is 0.356 e. The number of hydrogen-bond acceptors (Lipinski definition) is 2. The fourth-order valence-corrected chi connectivity index (χ4v) is 2.08. The molecule has 0 fully saturated rings. The first-order chi connectivity index (χ1) is 8.26. The summed E-state index contributed by atoms with van der Waals surface area (Å²) in [4.78, 5) is 11.9. The van der Waals surface area contributed by atoms with E-state index in [2.05, 4.69) is 19.2 Å². The number of rotatable bonds is 11. The number of nitrogens with one attached hydrogen (secondary N) is 1. The van der Waals surface area contributed by atoms with Gasteiger partial charge in [0.25, 0.3) is 0 Å². The summed E-state index contributed by atoms with van der Waals surface area (Å²) in [5.74, 6) is 0.488. The molecule has 0 aliphatic heterocycles. The van der Waals surface area contributed by atoms with Gasteiger partial charge in [0.05, 0.1) is 0 Å². The molecule has 0 aromatic rings. The van der Waals surface area contributed by atoms with Crippen molar-refractivity contribution in [3.8, 4) is 0 Å². The number of unbranched alkanes of at least 4 members (excludes halogenated alkanes) is 3. The monoisotopic (exact) mass is 242 g/mol. The van der Waals surface area contributed by atoms with Crippen molar-refractivity contribution in [2.75, 3.05) is 13.1 Å². The highest BCUT2D eigenvalue weighted by Gasteiger charge is 2.15. The van der Waals surface area contributed by atoms with Gasteiger partial charge in [0.1, 0.15) is 0 Å². The summed E-state index contributed by atoms with van der Waals surface area (Å²) >= 11 is 0. The highest BCUT2D eigenvalue weighted by Crippen LogP contribution is 2.13. The second kappa shape index (κ2) is 11.9. The van der Waals surface area contributed by atoms with Gasteiger partial charge in [-0.25, -0.2) is 0 Å². The van der Waals surface area contributed by atoms with E-state index in [-0.39, 0.29) is 11.8 Å². The van der Waals surface area contributed by atoms with E-state index in [1.54, 1.807) is 0 Å². The van der Waals surface area contributed by atoms with Crippen molar-refractivity contribution in [1.29, 1.82) is 0 Å². The summed E-state index contributed by atoms with van der Waals surface area (Å²) in [6.07, 6.45) is 8.76. The Hall–Kier alpha value is -0.570. The Labute approximate surface area is 107 Å². The van der Waals surface area contributed by atoms with Crippen LogP contribution in [-0.4, -0.2) is 19.0 Å². The van der Waals surface area contributed by atoms with E-state index in [4.69, 9.17) is 5.73 Å². The molecule has 0 saturated carbocycles. The molecule has 0 saturated heterocycles. The van der Waals surface area contributed by atoms with E-state index >= 15 is 0 Å². The first kappa shape index (κ1) is 16.4. The minimum atomic E-state index is 0.231. The smallest absolute Gasteiger partial charge is 0.223 e. The molecule has 0 radical (unpaired) electrons. The maximum atomic E-state index is 11.9. The molecule has 0 aromatic heterocycles. The summed E-state index contributed by atoms with van der Waals surface area (Å²) in [7, 11) is 0. The van der Waals surface area contributed by atoms with Crippen LogP contribution in [0.5, 0.6) is 0 Å². The Morgan fingerprint density at radius 1 is 1.06 bits per heavy atom. The fourth-order valence-electron chi connectivity index (χ4n) is 2.08. The third-order valence-corrected chi connectivity index (χ3v) is 3.08. The quantitative estimate of drug-likeness (QED) is 0.547. The van der Waals surface area contributed by atoms with Crippen LogP contribution in [0.4, 0.5) is 0 Å². The van der Waals surface area contributed by atoms with Crippen LogP contribution in [0.3, 0.4) is 0 Å². The Morgan fingerprint density at radius 2 is 1.65 bits per heavy atom. The average molecular weight is 242 g/mol. The number of hydrogen-bond donors (Lipinski definition) is 2. The first-order valence-electron chi connectivity index (χ1n) is 7.24. The van der Waals surface area contributed by atoms with E-state index in [0.717, 1.165) is 51.6 Å². The summed E-state index contributed by atoms with van der Waals surface area (Å²) in [5.41, 5.74) is 5.43. The minimum absolute atomic E-state index is 0.231. The van der Waals surface area contributed by atoms with Gasteiger partial charge in [0.15, 0.2) is 0 Å². The van der Waals surface area contributed by atoms with Crippen molar-refractivity contribution in [3.63, 3.8) is 0 Å². The fraction of sp³-hybridized carbons (Fsp3) is 0.929. The summed E-state index contributed by atoms with van der Waals surface area (Å²) in [5, 5.41) is 3.06. The minimum Gasteiger partial charge on any atom is -0.356 e. The molecular weight excluding hydrogens is 212 g/mol. The van der Waals surface area contributed by atoms with Crippen LogP contribution in [0.2, 0.25) is 0 Å². The summed E-state index contributed by atoms with van der Waals surface area (Å²) < 4.78 is 0. The molecule has 3 nitrogen and oxygen atoms in total. The number of nitrogens with two attached hydrogens (primary N) is 1. The van der Waals surface area contributed by atoms with Gasteiger partial charge in [0.2, 0.25) is 5.91 Å². The lowest BCUT2D eigenvalue weighted by Crippen LogP contribution is -2.31. The second-order valence-corrected chi connectivity index (χ2v) is 4.77. The van der Waals surface area contributed by atoms with Gasteiger partial charge in [-0.1, -0.05) is 39.5 Å². The molecule has 3 N–H and O–H groups in total. The lowest BCUT2D eigenvalue weighted by atomic mass is 9.97. The van der Waals surface area contributed by atoms with E-state index in [1.165, 1.54) is 12.8 Å². The molecule has 102 valence electrons. The van der Waals surface area contributed by atoms with Crippen LogP contribution in [0.15, 0.2) is 0 Å². The van der Waals surface area contributed by atoms with Crippen LogP contribution in [0.1, 0.15) is 65.2 Å². The zero-order valence-corrected chi connectivity index (χ0v) is 11.6. The predicted octanol–water partition coefficient (Wildman–Crippen LogP) is 2.84. The Bertz CT molecular complexity index is 177. The lowest BCUT2D eigenvalue weighted by Gasteiger charge is -2.15. The second-order valence-electron chi connectivity index (χ2n) is 4.77. The Morgan fingerprint density at radius 3 is 2.18 bits per heavy atom. The van der Waals surface area contributed by atoms with E-state index in [9.17, 15) is 4.79 Å². The highest BCUT2D eigenvalue weighted by molar-refractivity contribution is 5.78. The van der Waals surface area contributed by atoms with Crippen LogP contribution in [-0.2, 0) is 4.79 Å². The van der Waals surface area contributed by atoms with E-state index < -0.39 is 0 Å². The van der Waals surface area contributed by atoms with Crippen molar-refractivity contribution in [1.82, 2.24) is 5.32 Å². The van der Waals surface area contributed by atoms with Gasteiger partial charge in [-0.15, -0.1) is 0 Å². The third-order valence-electron chi connectivity index (χ3n) is 3.08. The Kier molecular flexibility index (Phi) is 11.5. The predicted molar refractivity (Wildman–Crippen MR) is 73.8 cm³/mol. The molecule has 1 amide bonds. The number of carbonyl (C=O) groups is 1. The Balaban J connectivity index is 3.59. The lowest BCUT2D eigenvalue weighted by molar-refractivity contribution is -0.125. The molecule has 0 aliphatic carbocycles. The van der Waals surface area contributed by atoms with Crippen molar-refractivity contribution in [2.24, 2.45) is 11.7 Å². The molecule has 0 aromatic carbocycles. The first-order valence-corrected chi connectivity index (χ1v) is 7.24. The molecule has 3 heteroatoms.